The number of fused-ring (bicyclic) bond motifs is 1. The molecule has 9 nitrogen and oxygen atoms in total. The molecule has 0 unspecified atom stereocenters. The van der Waals surface area contributed by atoms with Gasteiger partial charge in [-0.05, 0) is 42.3 Å². The number of nitrogens with zero attached hydrogens (tertiary/aromatic N) is 2. The minimum Gasteiger partial charge on any atom is -0.507 e. The van der Waals surface area contributed by atoms with Crippen LogP contribution in [0.5, 0.6) is 17.2 Å². The molecule has 196 valence electrons. The van der Waals surface area contributed by atoms with E-state index in [9.17, 15) is 14.7 Å². The number of hydrogen-bond acceptors (Lipinski definition) is 8. The Labute approximate surface area is 216 Å². The molecule has 0 aliphatic carbocycles. The molecule has 0 bridgehead atoms. The van der Waals surface area contributed by atoms with Gasteiger partial charge in [0.25, 0.3) is 11.7 Å². The molecular weight excluding hydrogens is 476 g/mol. The van der Waals surface area contributed by atoms with Gasteiger partial charge in [-0.1, -0.05) is 19.1 Å². The maximum absolute atomic E-state index is 13.4. The molecule has 1 N–H and O–H groups in total. The van der Waals surface area contributed by atoms with Gasteiger partial charge in [-0.2, -0.15) is 0 Å². The number of carbonyl (C=O) groups is 2. The molecule has 2 fully saturated rings. The highest BCUT2D eigenvalue weighted by Crippen LogP contribution is 2.41. The maximum atomic E-state index is 13.4. The second kappa shape index (κ2) is 11.2. The van der Waals surface area contributed by atoms with E-state index in [0.717, 1.165) is 19.5 Å². The van der Waals surface area contributed by atoms with E-state index < -0.39 is 17.7 Å². The van der Waals surface area contributed by atoms with Crippen molar-refractivity contribution in [3.63, 3.8) is 0 Å². The number of ether oxygens (including phenoxy) is 4. The minimum atomic E-state index is -0.751. The van der Waals surface area contributed by atoms with Crippen LogP contribution in [0.25, 0.3) is 5.76 Å². The minimum absolute atomic E-state index is 0.0521. The summed E-state index contributed by atoms with van der Waals surface area (Å²) < 4.78 is 22.5. The van der Waals surface area contributed by atoms with Crippen LogP contribution in [-0.4, -0.2) is 85.8 Å². The van der Waals surface area contributed by atoms with E-state index in [1.54, 1.807) is 23.1 Å². The van der Waals surface area contributed by atoms with Crippen molar-refractivity contribution in [2.24, 2.45) is 0 Å². The second-order valence-electron chi connectivity index (χ2n) is 9.23. The first kappa shape index (κ1) is 25.1. The molecule has 0 aromatic heterocycles. The van der Waals surface area contributed by atoms with E-state index in [4.69, 9.17) is 18.9 Å². The lowest BCUT2D eigenvalue weighted by Crippen LogP contribution is -2.42. The molecule has 3 aliphatic heterocycles. The third-order valence-electron chi connectivity index (χ3n) is 6.76. The van der Waals surface area contributed by atoms with Crippen molar-refractivity contribution in [1.82, 2.24) is 9.80 Å². The van der Waals surface area contributed by atoms with Crippen molar-refractivity contribution >= 4 is 17.4 Å². The smallest absolute Gasteiger partial charge is 0.295 e. The molecule has 2 aromatic carbocycles. The molecular formula is C28H32N2O7. The number of aliphatic hydroxyl groups excluding tert-OH is 1. The average Bonchev–Trinajstić information content (AvgIpc) is 3.20. The Hall–Kier alpha value is -3.56. The quantitative estimate of drug-likeness (QED) is 0.330. The number of rotatable bonds is 8. The number of hydrogen-bond donors (Lipinski definition) is 1. The van der Waals surface area contributed by atoms with Crippen molar-refractivity contribution in [1.29, 1.82) is 0 Å². The zero-order valence-electron chi connectivity index (χ0n) is 21.0. The van der Waals surface area contributed by atoms with Crippen molar-refractivity contribution in [2.45, 2.75) is 19.4 Å². The van der Waals surface area contributed by atoms with E-state index in [1.807, 2.05) is 31.2 Å². The predicted octanol–water partition coefficient (Wildman–Crippen LogP) is 3.00. The first-order valence-corrected chi connectivity index (χ1v) is 12.8. The predicted molar refractivity (Wildman–Crippen MR) is 136 cm³/mol. The van der Waals surface area contributed by atoms with Crippen molar-refractivity contribution < 1.29 is 33.6 Å². The topological polar surface area (TPSA) is 97.8 Å². The van der Waals surface area contributed by atoms with Crippen LogP contribution in [0.1, 0.15) is 30.5 Å². The SMILES string of the molecule is CCCOc1cccc([C@@H]2C(=C(O)c3ccc4c(c3)OCCO4)C(=O)C(=O)N2CCN2CCOCC2)c1. The lowest BCUT2D eigenvalue weighted by Gasteiger charge is -2.31. The molecule has 2 saturated heterocycles. The van der Waals surface area contributed by atoms with Crippen LogP contribution in [0.3, 0.4) is 0 Å². The summed E-state index contributed by atoms with van der Waals surface area (Å²) in [4.78, 5) is 30.5. The van der Waals surface area contributed by atoms with Crippen molar-refractivity contribution in [3.8, 4) is 17.2 Å². The molecule has 3 aliphatic rings. The van der Waals surface area contributed by atoms with Gasteiger partial charge in [0.1, 0.15) is 24.7 Å². The van der Waals surface area contributed by atoms with Gasteiger partial charge in [-0.25, -0.2) is 0 Å². The van der Waals surface area contributed by atoms with E-state index >= 15 is 0 Å². The highest BCUT2D eigenvalue weighted by molar-refractivity contribution is 6.46. The third kappa shape index (κ3) is 5.28. The second-order valence-corrected chi connectivity index (χ2v) is 9.23. The van der Waals surface area contributed by atoms with Gasteiger partial charge < -0.3 is 29.0 Å². The Morgan fingerprint density at radius 1 is 1.00 bits per heavy atom. The van der Waals surface area contributed by atoms with Crippen molar-refractivity contribution in [2.75, 3.05) is 59.2 Å². The van der Waals surface area contributed by atoms with Gasteiger partial charge in [0.2, 0.25) is 0 Å². The molecule has 0 saturated carbocycles. The molecule has 9 heteroatoms. The molecule has 0 spiro atoms. The summed E-state index contributed by atoms with van der Waals surface area (Å²) >= 11 is 0. The molecule has 5 rings (SSSR count). The van der Waals surface area contributed by atoms with E-state index in [2.05, 4.69) is 4.90 Å². The largest absolute Gasteiger partial charge is 0.507 e. The molecule has 2 aromatic rings. The molecule has 3 heterocycles. The monoisotopic (exact) mass is 508 g/mol. The Bertz CT molecular complexity index is 1190. The fourth-order valence-corrected chi connectivity index (χ4v) is 4.87. The number of likely N-dealkylation sites (tertiary alicyclic amines) is 1. The van der Waals surface area contributed by atoms with Gasteiger partial charge >= 0.3 is 0 Å². The number of Topliss-reactive ketones (excluding diaryl/α,β-unsaturated/α-hetero) is 1. The molecule has 1 atom stereocenters. The van der Waals surface area contributed by atoms with Gasteiger partial charge in [0.15, 0.2) is 11.5 Å². The first-order chi connectivity index (χ1) is 18.1. The van der Waals surface area contributed by atoms with Crippen LogP contribution in [0.2, 0.25) is 0 Å². The lowest BCUT2D eigenvalue weighted by molar-refractivity contribution is -0.140. The highest BCUT2D eigenvalue weighted by Gasteiger charge is 2.46. The number of morpholine rings is 1. The van der Waals surface area contributed by atoms with E-state index in [0.29, 0.717) is 74.5 Å². The van der Waals surface area contributed by atoms with Crippen LogP contribution in [-0.2, 0) is 14.3 Å². The van der Waals surface area contributed by atoms with Crippen LogP contribution in [0.4, 0.5) is 0 Å². The van der Waals surface area contributed by atoms with Crippen LogP contribution in [0, 0.1) is 0 Å². The highest BCUT2D eigenvalue weighted by atomic mass is 16.6. The maximum Gasteiger partial charge on any atom is 0.295 e. The van der Waals surface area contributed by atoms with E-state index in [-0.39, 0.29) is 11.3 Å². The zero-order chi connectivity index (χ0) is 25.8. The Morgan fingerprint density at radius 3 is 2.57 bits per heavy atom. The number of benzene rings is 2. The van der Waals surface area contributed by atoms with Crippen LogP contribution >= 0.6 is 0 Å². The van der Waals surface area contributed by atoms with Crippen LogP contribution in [0.15, 0.2) is 48.0 Å². The lowest BCUT2D eigenvalue weighted by atomic mass is 9.95. The molecule has 1 amide bonds. The standard InChI is InChI=1S/C28H32N2O7/c1-2-12-35-21-5-3-4-19(17-21)25-24(26(31)20-6-7-22-23(18-20)37-16-15-36-22)27(32)28(33)30(25)9-8-29-10-13-34-14-11-29/h3-7,17-18,25,31H,2,8-16H2,1H3/t25-/m1/s1. The number of amides is 1. The summed E-state index contributed by atoms with van der Waals surface area (Å²) in [6.07, 6.45) is 0.854. The summed E-state index contributed by atoms with van der Waals surface area (Å²) in [5.41, 5.74) is 1.14. The fraction of sp³-hybridized carbons (Fsp3) is 0.429. The average molecular weight is 509 g/mol. The van der Waals surface area contributed by atoms with Crippen LogP contribution < -0.4 is 14.2 Å². The van der Waals surface area contributed by atoms with Gasteiger partial charge in [0, 0.05) is 31.7 Å². The summed E-state index contributed by atoms with van der Waals surface area (Å²) in [6.45, 7) is 7.19. The Balaban J connectivity index is 1.53. The number of aliphatic hydroxyl groups is 1. The first-order valence-electron chi connectivity index (χ1n) is 12.8. The van der Waals surface area contributed by atoms with E-state index in [1.165, 1.54) is 0 Å². The Morgan fingerprint density at radius 2 is 1.78 bits per heavy atom. The Kier molecular flexibility index (Phi) is 7.62. The third-order valence-corrected chi connectivity index (χ3v) is 6.76. The summed E-state index contributed by atoms with van der Waals surface area (Å²) in [5, 5.41) is 11.4. The van der Waals surface area contributed by atoms with Gasteiger partial charge in [-0.15, -0.1) is 0 Å². The summed E-state index contributed by atoms with van der Waals surface area (Å²) in [6, 6.07) is 11.6. The molecule has 37 heavy (non-hydrogen) atoms. The molecule has 0 radical (unpaired) electrons. The summed E-state index contributed by atoms with van der Waals surface area (Å²) in [7, 11) is 0. The van der Waals surface area contributed by atoms with Gasteiger partial charge in [0.05, 0.1) is 31.4 Å². The fourth-order valence-electron chi connectivity index (χ4n) is 4.87. The number of ketones is 1. The van der Waals surface area contributed by atoms with Gasteiger partial charge in [-0.3, -0.25) is 14.5 Å². The zero-order valence-corrected chi connectivity index (χ0v) is 21.0. The number of carbonyl (C=O) groups excluding carboxylic acids is 2. The summed E-state index contributed by atoms with van der Waals surface area (Å²) in [5.74, 6) is 0.137. The normalized spacial score (nSPS) is 21.3. The van der Waals surface area contributed by atoms with Crippen molar-refractivity contribution in [3.05, 3.63) is 59.2 Å².